The predicted molar refractivity (Wildman–Crippen MR) is 111 cm³/mol. The van der Waals surface area contributed by atoms with E-state index in [2.05, 4.69) is 49.3 Å². The molecule has 0 aliphatic heterocycles. The van der Waals surface area contributed by atoms with Crippen molar-refractivity contribution in [3.8, 4) is 0 Å². The molecule has 5 nitrogen and oxygen atoms in total. The Morgan fingerprint density at radius 1 is 1.38 bits per heavy atom. The predicted octanol–water partition coefficient (Wildman–Crippen LogP) is 5.02. The summed E-state index contributed by atoms with van der Waals surface area (Å²) in [5.41, 5.74) is 3.16. The first kappa shape index (κ1) is 21.4. The fourth-order valence-electron chi connectivity index (χ4n) is 1.95. The Morgan fingerprint density at radius 2 is 2.12 bits per heavy atom. The van der Waals surface area contributed by atoms with Crippen LogP contribution in [0.15, 0.2) is 34.8 Å². The van der Waals surface area contributed by atoms with E-state index >= 15 is 0 Å². The number of aliphatic hydroxyl groups excluding tert-OH is 1. The van der Waals surface area contributed by atoms with E-state index < -0.39 is 17.8 Å². The average Bonchev–Trinajstić information content (AvgIpc) is 2.59. The molecule has 0 saturated carbocycles. The normalized spacial score (nSPS) is 11.9. The number of hydrogen-bond donors (Lipinski definition) is 3. The van der Waals surface area contributed by atoms with Crippen LogP contribution in [0.1, 0.15) is 23.7 Å². The number of rotatable bonds is 7. The van der Waals surface area contributed by atoms with Gasteiger partial charge in [-0.1, -0.05) is 18.5 Å². The molecule has 140 valence electrons. The molecule has 0 radical (unpaired) electrons. The number of nitrogens with one attached hydrogen (secondary N) is 2. The summed E-state index contributed by atoms with van der Waals surface area (Å²) in [5, 5.41) is 12.9. The molecule has 3 N–H and O–H groups in total. The quantitative estimate of drug-likeness (QED) is 0.330. The fraction of sp³-hybridized carbons (Fsp3) is 0.235. The highest BCUT2D eigenvalue weighted by atomic mass is 127. The second-order valence-corrected chi connectivity index (χ2v) is 7.87. The van der Waals surface area contributed by atoms with Crippen molar-refractivity contribution in [3.63, 3.8) is 0 Å². The van der Waals surface area contributed by atoms with Crippen molar-refractivity contribution in [2.24, 2.45) is 0 Å². The lowest BCUT2D eigenvalue weighted by Gasteiger charge is -2.15. The van der Waals surface area contributed by atoms with Gasteiger partial charge in [-0.2, -0.15) is 0 Å². The van der Waals surface area contributed by atoms with Crippen molar-refractivity contribution in [2.75, 3.05) is 11.9 Å². The summed E-state index contributed by atoms with van der Waals surface area (Å²) in [6.07, 6.45) is -0.186. The topological polar surface area (TPSA) is 70.6 Å². The zero-order valence-corrected chi connectivity index (χ0v) is 18.2. The first-order valence-corrected chi connectivity index (χ1v) is 9.88. The van der Waals surface area contributed by atoms with Gasteiger partial charge in [0.1, 0.15) is 12.4 Å². The highest BCUT2D eigenvalue weighted by Crippen LogP contribution is 2.31. The monoisotopic (exact) mass is 556 g/mol. The van der Waals surface area contributed by atoms with Crippen molar-refractivity contribution >= 4 is 67.4 Å². The van der Waals surface area contributed by atoms with Crippen molar-refractivity contribution in [1.82, 2.24) is 5.48 Å². The minimum atomic E-state index is -0.682. The zero-order chi connectivity index (χ0) is 19.3. The molecule has 1 atom stereocenters. The first-order chi connectivity index (χ1) is 12.3. The van der Waals surface area contributed by atoms with Gasteiger partial charge in [0.05, 0.1) is 32.5 Å². The Morgan fingerprint density at radius 3 is 2.77 bits per heavy atom. The summed E-state index contributed by atoms with van der Waals surface area (Å²) >= 11 is 11.4. The molecule has 2 aromatic carbocycles. The molecule has 9 heteroatoms. The number of benzene rings is 2. The highest BCUT2D eigenvalue weighted by Gasteiger charge is 2.17. The van der Waals surface area contributed by atoms with Gasteiger partial charge in [-0.3, -0.25) is 9.63 Å². The lowest BCUT2D eigenvalue weighted by atomic mass is 10.1. The molecule has 0 bridgehead atoms. The largest absolute Gasteiger partial charge is 0.391 e. The first-order valence-electron chi connectivity index (χ1n) is 7.63. The summed E-state index contributed by atoms with van der Waals surface area (Å²) < 4.78 is 15.1. The van der Waals surface area contributed by atoms with Crippen LogP contribution in [-0.2, 0) is 4.84 Å². The molecule has 0 fully saturated rings. The standard InChI is InChI=1S/C17H16BrClFIN2O3/c1-2-10(24)8-26-23-17(25)11-6-12(18)14(20)7-16(11)22-15-4-3-9(21)5-13(15)19/h3-7,10,22,24H,2,8H2,1H3,(H,23,25). The maximum Gasteiger partial charge on any atom is 0.276 e. The Labute approximate surface area is 177 Å². The average molecular weight is 558 g/mol. The van der Waals surface area contributed by atoms with Gasteiger partial charge in [-0.15, -0.1) is 0 Å². The molecule has 0 aliphatic carbocycles. The second kappa shape index (κ2) is 9.84. The van der Waals surface area contributed by atoms with Crippen LogP contribution in [0.2, 0.25) is 5.02 Å². The number of hydrogen-bond acceptors (Lipinski definition) is 4. The van der Waals surface area contributed by atoms with Gasteiger partial charge in [-0.25, -0.2) is 9.87 Å². The van der Waals surface area contributed by atoms with E-state index in [0.717, 1.165) is 3.57 Å². The number of anilines is 2. The SMILES string of the molecule is CCC(O)CONC(=O)c1cc(Br)c(F)cc1Nc1ccc(I)cc1Cl. The van der Waals surface area contributed by atoms with Gasteiger partial charge in [0.15, 0.2) is 0 Å². The number of carbonyl (C=O) groups excluding carboxylic acids is 1. The molecule has 1 unspecified atom stereocenters. The lowest BCUT2D eigenvalue weighted by molar-refractivity contribution is -0.0133. The Balaban J connectivity index is 2.25. The maximum absolute atomic E-state index is 14.0. The van der Waals surface area contributed by atoms with E-state index in [-0.39, 0.29) is 22.3 Å². The van der Waals surface area contributed by atoms with Crippen LogP contribution < -0.4 is 10.8 Å². The molecule has 2 rings (SSSR count). The van der Waals surface area contributed by atoms with E-state index in [1.54, 1.807) is 19.1 Å². The molecule has 0 aromatic heterocycles. The van der Waals surface area contributed by atoms with E-state index in [1.807, 2.05) is 6.07 Å². The lowest BCUT2D eigenvalue weighted by Crippen LogP contribution is -2.28. The van der Waals surface area contributed by atoms with Crippen molar-refractivity contribution in [1.29, 1.82) is 0 Å². The molecule has 0 heterocycles. The smallest absolute Gasteiger partial charge is 0.276 e. The summed E-state index contributed by atoms with van der Waals surface area (Å²) in [4.78, 5) is 17.4. The number of aliphatic hydroxyl groups is 1. The van der Waals surface area contributed by atoms with E-state index in [0.29, 0.717) is 17.1 Å². The summed E-state index contributed by atoms with van der Waals surface area (Å²) in [7, 11) is 0. The van der Waals surface area contributed by atoms with Crippen LogP contribution in [0.3, 0.4) is 0 Å². The van der Waals surface area contributed by atoms with Crippen molar-refractivity contribution < 1.29 is 19.1 Å². The maximum atomic E-state index is 14.0. The minimum Gasteiger partial charge on any atom is -0.391 e. The van der Waals surface area contributed by atoms with Gasteiger partial charge in [0, 0.05) is 3.57 Å². The van der Waals surface area contributed by atoms with E-state index in [1.165, 1.54) is 12.1 Å². The molecule has 0 saturated heterocycles. The van der Waals surface area contributed by atoms with Crippen molar-refractivity contribution in [3.05, 3.63) is 54.8 Å². The number of carbonyl (C=O) groups is 1. The third-order valence-electron chi connectivity index (χ3n) is 3.42. The van der Waals surface area contributed by atoms with Crippen molar-refractivity contribution in [2.45, 2.75) is 19.4 Å². The second-order valence-electron chi connectivity index (χ2n) is 5.37. The summed E-state index contributed by atoms with van der Waals surface area (Å²) in [6.45, 7) is 1.75. The Hall–Kier alpha value is -0.940. The molecule has 26 heavy (non-hydrogen) atoms. The van der Waals surface area contributed by atoms with Gasteiger partial charge in [-0.05, 0) is 75.3 Å². The molecular weight excluding hydrogens is 541 g/mol. The van der Waals surface area contributed by atoms with Crippen LogP contribution in [-0.4, -0.2) is 23.7 Å². The fourth-order valence-corrected chi connectivity index (χ4v) is 3.20. The summed E-state index contributed by atoms with van der Waals surface area (Å²) in [5.74, 6) is -1.12. The van der Waals surface area contributed by atoms with Gasteiger partial charge < -0.3 is 10.4 Å². The molecular formula is C17H16BrClFIN2O3. The van der Waals surface area contributed by atoms with E-state index in [4.69, 9.17) is 16.4 Å². The van der Waals surface area contributed by atoms with Gasteiger partial charge >= 0.3 is 0 Å². The Bertz CT molecular complexity index is 810. The molecule has 0 aliphatic rings. The van der Waals surface area contributed by atoms with Crippen LogP contribution in [0.5, 0.6) is 0 Å². The molecule has 0 spiro atoms. The van der Waals surface area contributed by atoms with Gasteiger partial charge in [0.25, 0.3) is 5.91 Å². The van der Waals surface area contributed by atoms with Crippen LogP contribution in [0.4, 0.5) is 15.8 Å². The molecule has 2 aromatic rings. The minimum absolute atomic E-state index is 0.0453. The van der Waals surface area contributed by atoms with Crippen LogP contribution >= 0.6 is 50.1 Å². The number of halogens is 4. The van der Waals surface area contributed by atoms with Crippen LogP contribution in [0.25, 0.3) is 0 Å². The van der Waals surface area contributed by atoms with E-state index in [9.17, 15) is 14.3 Å². The van der Waals surface area contributed by atoms with Gasteiger partial charge in [0.2, 0.25) is 0 Å². The number of amides is 1. The number of hydroxylamine groups is 1. The van der Waals surface area contributed by atoms with Crippen LogP contribution in [0, 0.1) is 9.39 Å². The molecule has 1 amide bonds. The summed E-state index contributed by atoms with van der Waals surface area (Å²) in [6, 6.07) is 7.84. The zero-order valence-electron chi connectivity index (χ0n) is 13.7. The highest BCUT2D eigenvalue weighted by molar-refractivity contribution is 14.1. The third kappa shape index (κ3) is 5.78. The Kier molecular flexibility index (Phi) is 8.08. The third-order valence-corrected chi connectivity index (χ3v) is 5.01.